The van der Waals surface area contributed by atoms with Crippen molar-refractivity contribution in [2.45, 2.75) is 0 Å². The highest BCUT2D eigenvalue weighted by Crippen LogP contribution is 2.16. The van der Waals surface area contributed by atoms with Crippen molar-refractivity contribution in [3.8, 4) is 0 Å². The van der Waals surface area contributed by atoms with Crippen molar-refractivity contribution in [1.29, 1.82) is 0 Å². The standard InChI is InChI=1S/C16H15BrN2O4/c1-22-10-16(21)19-12-4-2-11(3-5-12)18-15(20)9-7-13-6-8-14(17)23-13/h2-9H,10H2,1H3,(H,18,20)(H,19,21)/b9-7+. The zero-order chi connectivity index (χ0) is 16.7. The molecule has 0 radical (unpaired) electrons. The van der Waals surface area contributed by atoms with E-state index in [9.17, 15) is 9.59 Å². The summed E-state index contributed by atoms with van der Waals surface area (Å²) < 4.78 is 10.6. The van der Waals surface area contributed by atoms with Crippen LogP contribution in [-0.2, 0) is 14.3 Å². The average molecular weight is 379 g/mol. The maximum atomic E-state index is 11.8. The second-order valence-electron chi connectivity index (χ2n) is 4.52. The molecule has 2 amide bonds. The molecule has 6 nitrogen and oxygen atoms in total. The third kappa shape index (κ3) is 5.72. The smallest absolute Gasteiger partial charge is 0.250 e. The van der Waals surface area contributed by atoms with E-state index < -0.39 is 0 Å². The maximum absolute atomic E-state index is 11.8. The summed E-state index contributed by atoms with van der Waals surface area (Å²) >= 11 is 3.19. The lowest BCUT2D eigenvalue weighted by atomic mass is 10.2. The van der Waals surface area contributed by atoms with Gasteiger partial charge < -0.3 is 19.8 Å². The van der Waals surface area contributed by atoms with Crippen LogP contribution < -0.4 is 10.6 Å². The van der Waals surface area contributed by atoms with Crippen LogP contribution in [0.1, 0.15) is 5.76 Å². The molecule has 0 atom stereocenters. The SMILES string of the molecule is COCC(=O)Nc1ccc(NC(=O)/C=C/c2ccc(Br)o2)cc1. The molecule has 0 aliphatic rings. The Morgan fingerprint density at radius 2 is 1.78 bits per heavy atom. The van der Waals surface area contributed by atoms with E-state index in [0.29, 0.717) is 21.8 Å². The Hall–Kier alpha value is -2.38. The molecule has 2 rings (SSSR count). The van der Waals surface area contributed by atoms with Gasteiger partial charge in [0.1, 0.15) is 12.4 Å². The van der Waals surface area contributed by atoms with Crippen LogP contribution in [0.4, 0.5) is 11.4 Å². The van der Waals surface area contributed by atoms with Gasteiger partial charge in [0, 0.05) is 24.6 Å². The summed E-state index contributed by atoms with van der Waals surface area (Å²) in [7, 11) is 1.45. The zero-order valence-corrected chi connectivity index (χ0v) is 13.9. The monoisotopic (exact) mass is 378 g/mol. The quantitative estimate of drug-likeness (QED) is 0.755. The fourth-order valence-electron chi connectivity index (χ4n) is 1.72. The minimum absolute atomic E-state index is 0.00776. The second-order valence-corrected chi connectivity index (χ2v) is 5.30. The number of carbonyl (C=O) groups excluding carboxylic acids is 2. The number of hydrogen-bond acceptors (Lipinski definition) is 4. The Labute approximate surface area is 141 Å². The second kappa shape index (κ2) is 8.30. The Morgan fingerprint density at radius 1 is 1.13 bits per heavy atom. The van der Waals surface area contributed by atoms with Crippen LogP contribution in [0.15, 0.2) is 51.6 Å². The lowest BCUT2D eigenvalue weighted by molar-refractivity contribution is -0.119. The van der Waals surface area contributed by atoms with Crippen LogP contribution in [0.3, 0.4) is 0 Å². The van der Waals surface area contributed by atoms with Crippen LogP contribution in [0.25, 0.3) is 6.08 Å². The highest BCUT2D eigenvalue weighted by Gasteiger charge is 2.03. The van der Waals surface area contributed by atoms with Crippen molar-refractivity contribution in [2.24, 2.45) is 0 Å². The molecule has 1 heterocycles. The Bertz CT molecular complexity index is 707. The molecule has 2 N–H and O–H groups in total. The Morgan fingerprint density at radius 3 is 2.35 bits per heavy atom. The number of benzene rings is 1. The van der Waals surface area contributed by atoms with E-state index in [1.54, 1.807) is 42.5 Å². The van der Waals surface area contributed by atoms with E-state index in [4.69, 9.17) is 9.15 Å². The van der Waals surface area contributed by atoms with Crippen LogP contribution >= 0.6 is 15.9 Å². The highest BCUT2D eigenvalue weighted by atomic mass is 79.9. The first kappa shape index (κ1) is 17.0. The topological polar surface area (TPSA) is 80.6 Å². The Balaban J connectivity index is 1.88. The maximum Gasteiger partial charge on any atom is 0.250 e. The van der Waals surface area contributed by atoms with Gasteiger partial charge in [-0.05, 0) is 58.4 Å². The zero-order valence-electron chi connectivity index (χ0n) is 12.3. The number of methoxy groups -OCH3 is 1. The molecule has 0 unspecified atom stereocenters. The van der Waals surface area contributed by atoms with Gasteiger partial charge in [-0.3, -0.25) is 9.59 Å². The molecule has 0 bridgehead atoms. The number of ether oxygens (including phenoxy) is 1. The van der Waals surface area contributed by atoms with E-state index >= 15 is 0 Å². The summed E-state index contributed by atoms with van der Waals surface area (Å²) in [5, 5.41) is 5.37. The van der Waals surface area contributed by atoms with Gasteiger partial charge in [-0.15, -0.1) is 0 Å². The summed E-state index contributed by atoms with van der Waals surface area (Å²) in [6, 6.07) is 10.3. The van der Waals surface area contributed by atoms with Crippen LogP contribution in [-0.4, -0.2) is 25.5 Å². The minimum atomic E-state index is -0.284. The van der Waals surface area contributed by atoms with Gasteiger partial charge in [-0.25, -0.2) is 0 Å². The average Bonchev–Trinajstić information content (AvgIpc) is 2.93. The number of amides is 2. The summed E-state index contributed by atoms with van der Waals surface area (Å²) in [6.45, 7) is -0.00776. The van der Waals surface area contributed by atoms with E-state index in [-0.39, 0.29) is 18.4 Å². The summed E-state index contributed by atoms with van der Waals surface area (Å²) in [6.07, 6.45) is 2.94. The number of anilines is 2. The fourth-order valence-corrected chi connectivity index (χ4v) is 2.04. The largest absolute Gasteiger partial charge is 0.450 e. The molecule has 23 heavy (non-hydrogen) atoms. The molecule has 0 fully saturated rings. The highest BCUT2D eigenvalue weighted by molar-refractivity contribution is 9.10. The summed E-state index contributed by atoms with van der Waals surface area (Å²) in [4.78, 5) is 23.2. The number of carbonyl (C=O) groups is 2. The van der Waals surface area contributed by atoms with Crippen LogP contribution in [0.5, 0.6) is 0 Å². The third-order valence-electron chi connectivity index (χ3n) is 2.70. The molecule has 0 saturated heterocycles. The van der Waals surface area contributed by atoms with Gasteiger partial charge >= 0.3 is 0 Å². The van der Waals surface area contributed by atoms with Crippen molar-refractivity contribution >= 4 is 45.2 Å². The van der Waals surface area contributed by atoms with Crippen molar-refractivity contribution in [3.05, 3.63) is 52.9 Å². The van der Waals surface area contributed by atoms with Gasteiger partial charge in [0.2, 0.25) is 11.8 Å². The molecule has 2 aromatic rings. The van der Waals surface area contributed by atoms with Crippen LogP contribution in [0.2, 0.25) is 0 Å². The first-order valence-electron chi connectivity index (χ1n) is 6.70. The van der Waals surface area contributed by atoms with Gasteiger partial charge in [0.25, 0.3) is 0 Å². The summed E-state index contributed by atoms with van der Waals surface area (Å²) in [5.74, 6) is 0.0498. The van der Waals surface area contributed by atoms with Gasteiger partial charge in [0.15, 0.2) is 4.67 Å². The molecule has 0 spiro atoms. The molecular formula is C16H15BrN2O4. The normalized spacial score (nSPS) is 10.7. The first-order chi connectivity index (χ1) is 11.1. The summed E-state index contributed by atoms with van der Waals surface area (Å²) in [5.41, 5.74) is 1.24. The molecule has 7 heteroatoms. The van der Waals surface area contributed by atoms with Gasteiger partial charge in [0.05, 0.1) is 0 Å². The van der Waals surface area contributed by atoms with E-state index in [1.807, 2.05) is 0 Å². The number of hydrogen-bond donors (Lipinski definition) is 2. The van der Waals surface area contributed by atoms with E-state index in [2.05, 4.69) is 26.6 Å². The van der Waals surface area contributed by atoms with Gasteiger partial charge in [-0.2, -0.15) is 0 Å². The Kier molecular flexibility index (Phi) is 6.13. The van der Waals surface area contributed by atoms with Crippen molar-refractivity contribution in [2.75, 3.05) is 24.4 Å². The molecule has 0 saturated carbocycles. The lowest BCUT2D eigenvalue weighted by Gasteiger charge is -2.06. The van der Waals surface area contributed by atoms with Gasteiger partial charge in [-0.1, -0.05) is 0 Å². The molecule has 120 valence electrons. The number of nitrogens with one attached hydrogen (secondary N) is 2. The van der Waals surface area contributed by atoms with E-state index in [0.717, 1.165) is 0 Å². The van der Waals surface area contributed by atoms with Crippen molar-refractivity contribution < 1.29 is 18.7 Å². The van der Waals surface area contributed by atoms with Crippen LogP contribution in [0, 0.1) is 0 Å². The molecule has 0 aliphatic heterocycles. The molecule has 1 aromatic heterocycles. The predicted molar refractivity (Wildman–Crippen MR) is 91.0 cm³/mol. The lowest BCUT2D eigenvalue weighted by Crippen LogP contribution is -2.17. The fraction of sp³-hybridized carbons (Fsp3) is 0.125. The molecule has 1 aromatic carbocycles. The number of furan rings is 1. The molecule has 0 aliphatic carbocycles. The predicted octanol–water partition coefficient (Wildman–Crippen LogP) is 3.28. The van der Waals surface area contributed by atoms with E-state index in [1.165, 1.54) is 13.2 Å². The minimum Gasteiger partial charge on any atom is -0.450 e. The third-order valence-corrected chi connectivity index (χ3v) is 3.13. The van der Waals surface area contributed by atoms with Crippen molar-refractivity contribution in [3.63, 3.8) is 0 Å². The van der Waals surface area contributed by atoms with Crippen molar-refractivity contribution in [1.82, 2.24) is 0 Å². The number of rotatable bonds is 6. The molecular weight excluding hydrogens is 364 g/mol. The number of halogens is 1. The first-order valence-corrected chi connectivity index (χ1v) is 7.49.